The average Bonchev–Trinajstić information content (AvgIpc) is 3.45. The van der Waals surface area contributed by atoms with Crippen LogP contribution in [0.4, 0.5) is 15.7 Å². The third-order valence-electron chi connectivity index (χ3n) is 5.51. The molecule has 0 radical (unpaired) electrons. The molecule has 2 aliphatic rings. The Morgan fingerprint density at radius 2 is 2.13 bits per heavy atom. The second kappa shape index (κ2) is 10.9. The number of hydrogen-bond donors (Lipinski definition) is 5. The molecule has 3 amide bonds. The second-order valence-corrected chi connectivity index (χ2v) is 9.71. The van der Waals surface area contributed by atoms with Crippen LogP contribution in [0.15, 0.2) is 28.7 Å². The number of nitrogens with two attached hydrogens (primary N) is 3. The predicted molar refractivity (Wildman–Crippen MR) is 132 cm³/mol. The number of carboxylic acid groups (broad SMARTS) is 1. The molecule has 2 atom stereocenters. The van der Waals surface area contributed by atoms with Gasteiger partial charge in [-0.25, -0.2) is 9.59 Å². The first-order chi connectivity index (χ1) is 18.1. The number of anilines is 2. The zero-order valence-corrected chi connectivity index (χ0v) is 21.4. The molecule has 17 nitrogen and oxygen atoms in total. The summed E-state index contributed by atoms with van der Waals surface area (Å²) in [5.41, 5.74) is 16.5. The Balaban J connectivity index is 1.51. The van der Waals surface area contributed by atoms with E-state index in [1.807, 2.05) is 0 Å². The van der Waals surface area contributed by atoms with Crippen LogP contribution in [0.5, 0.6) is 0 Å². The van der Waals surface area contributed by atoms with Crippen molar-refractivity contribution in [1.82, 2.24) is 24.3 Å². The topological polar surface area (TPSA) is 247 Å². The highest BCUT2D eigenvalue weighted by Crippen LogP contribution is 2.40. The maximum Gasteiger partial charge on any atom is 0.404 e. The van der Waals surface area contributed by atoms with E-state index in [1.54, 1.807) is 21.6 Å². The van der Waals surface area contributed by atoms with Gasteiger partial charge in [-0.3, -0.25) is 14.5 Å². The van der Waals surface area contributed by atoms with Gasteiger partial charge in [0.15, 0.2) is 23.7 Å². The Hall–Kier alpha value is -4.39. The van der Waals surface area contributed by atoms with Gasteiger partial charge in [-0.05, 0) is 0 Å². The maximum absolute atomic E-state index is 13.0. The number of carboxylic acids is 1. The minimum absolute atomic E-state index is 0.0424. The molecule has 1 fully saturated rings. The van der Waals surface area contributed by atoms with Crippen molar-refractivity contribution < 1.29 is 38.5 Å². The van der Waals surface area contributed by atoms with Crippen molar-refractivity contribution in [2.75, 3.05) is 30.9 Å². The molecule has 2 aliphatic heterocycles. The zero-order valence-electron chi connectivity index (χ0n) is 19.8. The molecule has 19 heteroatoms. The molecule has 4 rings (SSSR count). The van der Waals surface area contributed by atoms with Crippen molar-refractivity contribution in [2.24, 2.45) is 10.9 Å². The fourth-order valence-electron chi connectivity index (χ4n) is 3.92. The van der Waals surface area contributed by atoms with Gasteiger partial charge in [0.2, 0.25) is 11.5 Å². The summed E-state index contributed by atoms with van der Waals surface area (Å²) >= 11 is 2.14. The number of fused-ring (bicyclic) bond motifs is 1. The monoisotopic (exact) mass is 567 g/mol. The first-order valence-corrected chi connectivity index (χ1v) is 12.6. The quantitative estimate of drug-likeness (QED) is 0.0878. The van der Waals surface area contributed by atoms with Gasteiger partial charge in [-0.1, -0.05) is 5.16 Å². The first kappa shape index (κ1) is 26.7. The van der Waals surface area contributed by atoms with Gasteiger partial charge in [0.25, 0.3) is 11.8 Å². The number of carbonyl (C=O) groups is 4. The number of nitrogen functional groups attached to an aromatic ring is 2. The average molecular weight is 568 g/mol. The molecule has 8 N–H and O–H groups in total. The Kier molecular flexibility index (Phi) is 7.67. The van der Waals surface area contributed by atoms with Crippen molar-refractivity contribution >= 4 is 63.8 Å². The molecular weight excluding hydrogens is 544 g/mol. The van der Waals surface area contributed by atoms with E-state index in [0.29, 0.717) is 11.4 Å². The van der Waals surface area contributed by atoms with Crippen LogP contribution in [0.1, 0.15) is 5.82 Å². The molecule has 0 aromatic carbocycles. The number of nitrogens with zero attached hydrogens (tertiary/aromatic N) is 6. The number of primary amides is 1. The van der Waals surface area contributed by atoms with Crippen molar-refractivity contribution in [3.05, 3.63) is 29.4 Å². The number of amides is 3. The number of nitrogens with one attached hydrogen (secondary N) is 1. The van der Waals surface area contributed by atoms with E-state index in [0.717, 1.165) is 16.4 Å². The van der Waals surface area contributed by atoms with Gasteiger partial charge in [-0.15, -0.1) is 21.1 Å². The van der Waals surface area contributed by atoms with Crippen molar-refractivity contribution in [2.45, 2.75) is 24.5 Å². The van der Waals surface area contributed by atoms with Gasteiger partial charge < -0.3 is 37.2 Å². The Morgan fingerprint density at radius 1 is 1.37 bits per heavy atom. The number of ether oxygens (including phenoxy) is 1. The van der Waals surface area contributed by atoms with Crippen LogP contribution in [0.25, 0.3) is 0 Å². The van der Waals surface area contributed by atoms with Crippen LogP contribution < -0.4 is 27.2 Å². The van der Waals surface area contributed by atoms with Crippen LogP contribution >= 0.6 is 23.3 Å². The van der Waals surface area contributed by atoms with Crippen LogP contribution in [0.2, 0.25) is 0 Å². The van der Waals surface area contributed by atoms with E-state index in [1.165, 1.54) is 18.9 Å². The van der Waals surface area contributed by atoms with E-state index in [9.17, 15) is 24.3 Å². The maximum atomic E-state index is 13.0. The van der Waals surface area contributed by atoms with E-state index in [-0.39, 0.29) is 47.8 Å². The SMILES string of the molecule is CON=C(C(=O)N[C@@H]1C(=O)N2C(C(=O)O)=C(C[n+]3ccc(N)n3CCOC(N)=O)CS[C@H]12)c1nsc(N)n1. The van der Waals surface area contributed by atoms with Gasteiger partial charge in [-0.2, -0.15) is 9.36 Å². The van der Waals surface area contributed by atoms with Crippen molar-refractivity contribution in [3.8, 4) is 0 Å². The number of carbonyl (C=O) groups excluding carboxylic acids is 3. The number of aliphatic carboxylic acids is 1. The lowest BCUT2D eigenvalue weighted by molar-refractivity contribution is -0.767. The second-order valence-electron chi connectivity index (χ2n) is 7.83. The third-order valence-corrected chi connectivity index (χ3v) is 7.40. The lowest BCUT2D eigenvalue weighted by atomic mass is 10.0. The number of thioether (sulfide) groups is 1. The normalized spacial score (nSPS) is 19.0. The zero-order chi connectivity index (χ0) is 27.6. The summed E-state index contributed by atoms with van der Waals surface area (Å²) in [6.07, 6.45) is 0.707. The molecule has 4 heterocycles. The largest absolute Gasteiger partial charge is 0.477 e. The third kappa shape index (κ3) is 5.18. The highest BCUT2D eigenvalue weighted by atomic mass is 32.2. The summed E-state index contributed by atoms with van der Waals surface area (Å²) in [6.45, 7) is 0.228. The molecule has 2 aromatic heterocycles. The summed E-state index contributed by atoms with van der Waals surface area (Å²) in [5.74, 6) is -2.15. The molecule has 0 bridgehead atoms. The fourth-order valence-corrected chi connectivity index (χ4v) is 5.69. The molecule has 2 aromatic rings. The smallest absolute Gasteiger partial charge is 0.404 e. The highest BCUT2D eigenvalue weighted by molar-refractivity contribution is 8.00. The van der Waals surface area contributed by atoms with E-state index in [2.05, 4.69) is 19.8 Å². The van der Waals surface area contributed by atoms with Gasteiger partial charge >= 0.3 is 12.1 Å². The van der Waals surface area contributed by atoms with Gasteiger partial charge in [0, 0.05) is 22.9 Å². The molecule has 1 saturated heterocycles. The molecule has 0 spiro atoms. The summed E-state index contributed by atoms with van der Waals surface area (Å²) in [5, 5.41) is 15.6. The number of aromatic nitrogens is 4. The predicted octanol–water partition coefficient (Wildman–Crippen LogP) is -2.32. The van der Waals surface area contributed by atoms with E-state index in [4.69, 9.17) is 26.8 Å². The molecule has 38 heavy (non-hydrogen) atoms. The molecule has 202 valence electrons. The standard InChI is InChI=1S/C19H22N10O7S2/c1-35-25-10(13-24-18(21)38-26-13)14(30)23-11-15(31)29-12(17(32)33)8(7-37-16(11)29)6-27-3-2-9(20)28(27)4-5-36-19(22)34/h2-3,11,16,20H,4-7H2,1H3,(H6,21,22,23,24,26,30,32,33,34)/p+1/t11-,16-/m1/s1. The highest BCUT2D eigenvalue weighted by Gasteiger charge is 2.55. The Bertz CT molecular complexity index is 1350. The molecule has 0 aliphatic carbocycles. The number of hydrogen-bond acceptors (Lipinski definition) is 13. The Morgan fingerprint density at radius 3 is 2.76 bits per heavy atom. The molecular formula is C19H23N10O7S2+. The number of rotatable bonds is 10. The first-order valence-electron chi connectivity index (χ1n) is 10.8. The van der Waals surface area contributed by atoms with Crippen LogP contribution in [-0.2, 0) is 37.0 Å². The molecule has 0 unspecified atom stereocenters. The number of β-lactam (4-membered cyclic amide) rings is 1. The van der Waals surface area contributed by atoms with Gasteiger partial charge in [0.1, 0.15) is 37.4 Å². The summed E-state index contributed by atoms with van der Waals surface area (Å²) in [7, 11) is 1.23. The summed E-state index contributed by atoms with van der Waals surface area (Å²) in [6, 6.07) is 0.591. The van der Waals surface area contributed by atoms with Crippen LogP contribution in [0.3, 0.4) is 0 Å². The van der Waals surface area contributed by atoms with Crippen molar-refractivity contribution in [3.63, 3.8) is 0 Å². The van der Waals surface area contributed by atoms with Crippen LogP contribution in [-0.4, -0.2) is 84.5 Å². The van der Waals surface area contributed by atoms with Gasteiger partial charge in [0.05, 0.1) is 6.07 Å². The summed E-state index contributed by atoms with van der Waals surface area (Å²) in [4.78, 5) is 58.7. The Labute approximate surface area is 222 Å². The fraction of sp³-hybridized carbons (Fsp3) is 0.368. The lowest BCUT2D eigenvalue weighted by Crippen LogP contribution is -2.71. The van der Waals surface area contributed by atoms with Crippen LogP contribution in [0, 0.1) is 0 Å². The van der Waals surface area contributed by atoms with Crippen molar-refractivity contribution in [1.29, 1.82) is 0 Å². The lowest BCUT2D eigenvalue weighted by Gasteiger charge is -2.49. The summed E-state index contributed by atoms with van der Waals surface area (Å²) < 4.78 is 11.9. The van der Waals surface area contributed by atoms with E-state index < -0.39 is 35.3 Å². The minimum atomic E-state index is -1.30. The minimum Gasteiger partial charge on any atom is -0.477 e. The molecule has 0 saturated carbocycles. The number of oxime groups is 1. The van der Waals surface area contributed by atoms with E-state index >= 15 is 0 Å².